The quantitative estimate of drug-likeness (QED) is 0.888. The molecule has 120 valence electrons. The lowest BCUT2D eigenvalue weighted by molar-refractivity contribution is 0.600. The van der Waals surface area contributed by atoms with Crippen LogP contribution in [-0.4, -0.2) is 37.5 Å². The van der Waals surface area contributed by atoms with Crippen LogP contribution in [0, 0.1) is 18.3 Å². The van der Waals surface area contributed by atoms with Gasteiger partial charge in [-0.2, -0.15) is 20.2 Å². The summed E-state index contributed by atoms with van der Waals surface area (Å²) in [6, 6.07) is 5.68. The van der Waals surface area contributed by atoms with E-state index in [2.05, 4.69) is 19.7 Å². The summed E-state index contributed by atoms with van der Waals surface area (Å²) in [5.41, 5.74) is 0.191. The molecule has 2 rings (SSSR count). The third-order valence-electron chi connectivity index (χ3n) is 2.73. The van der Waals surface area contributed by atoms with Gasteiger partial charge >= 0.3 is 0 Å². The molecule has 0 radical (unpaired) electrons. The fraction of sp³-hybridized carbons (Fsp3) is 0.231. The van der Waals surface area contributed by atoms with Crippen LogP contribution in [0.2, 0.25) is 5.02 Å². The number of hydrogen-bond acceptors (Lipinski definition) is 7. The van der Waals surface area contributed by atoms with Crippen LogP contribution >= 0.6 is 11.6 Å². The van der Waals surface area contributed by atoms with Crippen LogP contribution in [0.4, 0.5) is 11.9 Å². The van der Waals surface area contributed by atoms with E-state index in [1.807, 2.05) is 6.07 Å². The average molecular weight is 353 g/mol. The first-order valence-corrected chi connectivity index (χ1v) is 8.21. The largest absolute Gasteiger partial charge is 0.347 e. The molecule has 8 nitrogen and oxygen atoms in total. The van der Waals surface area contributed by atoms with Crippen molar-refractivity contribution in [2.24, 2.45) is 0 Å². The maximum absolute atomic E-state index is 12.4. The highest BCUT2D eigenvalue weighted by Crippen LogP contribution is 2.21. The molecule has 10 heteroatoms. The van der Waals surface area contributed by atoms with Crippen LogP contribution in [0.3, 0.4) is 0 Å². The molecule has 0 spiro atoms. The van der Waals surface area contributed by atoms with Crippen molar-refractivity contribution in [3.63, 3.8) is 0 Å². The van der Waals surface area contributed by atoms with Crippen molar-refractivity contribution in [1.29, 1.82) is 5.26 Å². The number of benzene rings is 1. The summed E-state index contributed by atoms with van der Waals surface area (Å²) < 4.78 is 27.0. The second-order valence-corrected chi connectivity index (χ2v) is 6.85. The lowest BCUT2D eigenvalue weighted by Gasteiger charge is -2.12. The molecule has 0 aliphatic rings. The molecule has 0 atom stereocenters. The molecule has 0 amide bonds. The van der Waals surface area contributed by atoms with Gasteiger partial charge < -0.3 is 4.90 Å². The van der Waals surface area contributed by atoms with Crippen LogP contribution in [0.25, 0.3) is 0 Å². The predicted molar refractivity (Wildman–Crippen MR) is 85.9 cm³/mol. The van der Waals surface area contributed by atoms with Gasteiger partial charge in [0.15, 0.2) is 0 Å². The maximum atomic E-state index is 12.4. The minimum absolute atomic E-state index is 0.0520. The molecule has 0 saturated heterocycles. The second-order valence-electron chi connectivity index (χ2n) is 4.76. The molecule has 2 aromatic rings. The predicted octanol–water partition coefficient (Wildman–Crippen LogP) is 1.57. The molecule has 1 aromatic carbocycles. The van der Waals surface area contributed by atoms with E-state index in [1.54, 1.807) is 25.9 Å². The lowest BCUT2D eigenvalue weighted by Crippen LogP contribution is -2.19. The molecule has 0 unspecified atom stereocenters. The van der Waals surface area contributed by atoms with Crippen molar-refractivity contribution in [2.75, 3.05) is 23.7 Å². The Morgan fingerprint density at radius 1 is 1.26 bits per heavy atom. The van der Waals surface area contributed by atoms with Gasteiger partial charge in [0.1, 0.15) is 11.9 Å². The molecule has 0 aliphatic heterocycles. The summed E-state index contributed by atoms with van der Waals surface area (Å²) in [6.45, 7) is 1.63. The first-order chi connectivity index (χ1) is 10.7. The van der Waals surface area contributed by atoms with Gasteiger partial charge in [0.2, 0.25) is 11.9 Å². The normalized spacial score (nSPS) is 10.9. The van der Waals surface area contributed by atoms with Crippen molar-refractivity contribution in [3.8, 4) is 6.07 Å². The van der Waals surface area contributed by atoms with Crippen molar-refractivity contribution >= 4 is 33.5 Å². The topological polar surface area (TPSA) is 112 Å². The molecular formula is C13H13ClN6O2S. The zero-order chi connectivity index (χ0) is 17.2. The molecule has 1 heterocycles. The van der Waals surface area contributed by atoms with Gasteiger partial charge in [0, 0.05) is 14.1 Å². The summed E-state index contributed by atoms with van der Waals surface area (Å²) in [5.74, 6) is 0.606. The first-order valence-electron chi connectivity index (χ1n) is 6.35. The fourth-order valence-electron chi connectivity index (χ4n) is 1.65. The number of sulfonamides is 1. The van der Waals surface area contributed by atoms with Crippen molar-refractivity contribution in [3.05, 3.63) is 34.6 Å². The second kappa shape index (κ2) is 6.36. The number of nitriles is 1. The molecular weight excluding hydrogens is 340 g/mol. The molecule has 0 bridgehead atoms. The van der Waals surface area contributed by atoms with Crippen LogP contribution in [0.15, 0.2) is 23.1 Å². The number of halogens is 1. The molecule has 0 aliphatic carbocycles. The van der Waals surface area contributed by atoms with Gasteiger partial charge in [-0.15, -0.1) is 0 Å². The molecule has 0 fully saturated rings. The number of nitrogens with zero attached hydrogens (tertiary/aromatic N) is 5. The van der Waals surface area contributed by atoms with Crippen LogP contribution in [-0.2, 0) is 10.0 Å². The fourth-order valence-corrected chi connectivity index (χ4v) is 2.90. The number of nitrogens with one attached hydrogen (secondary N) is 1. The average Bonchev–Trinajstić information content (AvgIpc) is 2.45. The summed E-state index contributed by atoms with van der Waals surface area (Å²) in [4.78, 5) is 13.6. The van der Waals surface area contributed by atoms with Gasteiger partial charge in [-0.3, -0.25) is 0 Å². The van der Waals surface area contributed by atoms with Gasteiger partial charge in [0.05, 0.1) is 15.5 Å². The molecule has 0 saturated carbocycles. The van der Waals surface area contributed by atoms with E-state index in [0.717, 1.165) is 0 Å². The Morgan fingerprint density at radius 2 is 1.96 bits per heavy atom. The first kappa shape index (κ1) is 16.9. The highest BCUT2D eigenvalue weighted by atomic mass is 35.5. The highest BCUT2D eigenvalue weighted by molar-refractivity contribution is 7.92. The molecule has 1 N–H and O–H groups in total. The van der Waals surface area contributed by atoms with Crippen molar-refractivity contribution in [1.82, 2.24) is 15.0 Å². The minimum Gasteiger partial charge on any atom is -0.347 e. The number of aromatic nitrogens is 3. The SMILES string of the molecule is Cc1nc(NS(=O)(=O)c2ccc(C#N)c(Cl)c2)nc(N(C)C)n1. The minimum atomic E-state index is -3.94. The molecule has 23 heavy (non-hydrogen) atoms. The van der Waals surface area contributed by atoms with Crippen molar-refractivity contribution in [2.45, 2.75) is 11.8 Å². The van der Waals surface area contributed by atoms with E-state index in [-0.39, 0.29) is 21.4 Å². The third-order valence-corrected chi connectivity index (χ3v) is 4.37. The summed E-state index contributed by atoms with van der Waals surface area (Å²) >= 11 is 5.87. The van der Waals surface area contributed by atoms with Gasteiger partial charge in [-0.25, -0.2) is 13.1 Å². The smallest absolute Gasteiger partial charge is 0.264 e. The van der Waals surface area contributed by atoms with Crippen LogP contribution in [0.1, 0.15) is 11.4 Å². The van der Waals surface area contributed by atoms with E-state index < -0.39 is 10.0 Å². The van der Waals surface area contributed by atoms with E-state index in [9.17, 15) is 8.42 Å². The summed E-state index contributed by atoms with van der Waals surface area (Å²) in [6.07, 6.45) is 0. The lowest BCUT2D eigenvalue weighted by atomic mass is 10.2. The highest BCUT2D eigenvalue weighted by Gasteiger charge is 2.18. The molecule has 1 aromatic heterocycles. The van der Waals surface area contributed by atoms with E-state index in [1.165, 1.54) is 18.2 Å². The van der Waals surface area contributed by atoms with Gasteiger partial charge in [-0.1, -0.05) is 11.6 Å². The van der Waals surface area contributed by atoms with E-state index in [4.69, 9.17) is 16.9 Å². The van der Waals surface area contributed by atoms with Crippen LogP contribution < -0.4 is 9.62 Å². The Kier molecular flexibility index (Phi) is 4.68. The number of rotatable bonds is 4. The zero-order valence-corrected chi connectivity index (χ0v) is 14.1. The standard InChI is InChI=1S/C13H13ClN6O2S/c1-8-16-12(18-13(17-8)20(2)3)19-23(21,22)10-5-4-9(7-15)11(14)6-10/h4-6H,1-3H3,(H,16,17,18,19). The Morgan fingerprint density at radius 3 is 2.52 bits per heavy atom. The Balaban J connectivity index is 2.39. The monoisotopic (exact) mass is 352 g/mol. The van der Waals surface area contributed by atoms with E-state index in [0.29, 0.717) is 11.8 Å². The maximum Gasteiger partial charge on any atom is 0.264 e. The number of aryl methyl sites for hydroxylation is 1. The number of anilines is 2. The Labute approximate surface area is 138 Å². The van der Waals surface area contributed by atoms with Crippen molar-refractivity contribution < 1.29 is 8.42 Å². The Bertz CT molecular complexity index is 892. The van der Waals surface area contributed by atoms with E-state index >= 15 is 0 Å². The summed E-state index contributed by atoms with van der Waals surface area (Å²) in [5, 5.41) is 8.88. The Hall–Kier alpha value is -2.44. The van der Waals surface area contributed by atoms with Crippen LogP contribution in [0.5, 0.6) is 0 Å². The number of hydrogen-bond donors (Lipinski definition) is 1. The third kappa shape index (κ3) is 3.85. The summed E-state index contributed by atoms with van der Waals surface area (Å²) in [7, 11) is -0.476. The zero-order valence-electron chi connectivity index (χ0n) is 12.6. The van der Waals surface area contributed by atoms with Gasteiger partial charge in [-0.05, 0) is 25.1 Å². The van der Waals surface area contributed by atoms with Gasteiger partial charge in [0.25, 0.3) is 10.0 Å².